The lowest BCUT2D eigenvalue weighted by Gasteiger charge is -2.34. The highest BCUT2D eigenvalue weighted by Gasteiger charge is 2.41. The molecule has 4 amide bonds. The summed E-state index contributed by atoms with van der Waals surface area (Å²) in [5, 5.41) is 5.10. The van der Waals surface area contributed by atoms with Gasteiger partial charge in [-0.2, -0.15) is 0 Å². The molecule has 47 heavy (non-hydrogen) atoms. The minimum absolute atomic E-state index is 0.236. The number of hydrogen-bond acceptors (Lipinski definition) is 9. The summed E-state index contributed by atoms with van der Waals surface area (Å²) in [5.41, 5.74) is 4.33. The standard InChI is InChI=1S/C19H31N3O5.C8H14N2O2S.C4H8.C3H8/c1-12-7-14(10-23)22(9-12)17(25)16(19(2,3)4)21-18(26)20-8-15(24)27-11-13-5-6-13;9-8(12)7(11)6(10-13)4-5-2-1-3-5;1-2-4-3-1;1-3-2/h10,12-14,16H,5-9,11H2,1-4H3,(H2,20,21,26);5-6,10,13H,1-4H2,(H2,9,12);1-4H2;3H2,1-2H3. The molecule has 4 aliphatic rings. The molecule has 0 spiro atoms. The van der Waals surface area contributed by atoms with E-state index in [-0.39, 0.29) is 18.4 Å². The number of carbonyl (C=O) groups excluding carboxylic acids is 6. The predicted octanol–water partition coefficient (Wildman–Crippen LogP) is 4.10. The Hall–Kier alpha value is -2.67. The Morgan fingerprint density at radius 2 is 1.55 bits per heavy atom. The van der Waals surface area contributed by atoms with E-state index in [1.54, 1.807) is 0 Å². The molecule has 0 radical (unpaired) electrons. The van der Waals surface area contributed by atoms with Gasteiger partial charge in [-0.15, -0.1) is 0 Å². The van der Waals surface area contributed by atoms with E-state index in [2.05, 4.69) is 42.0 Å². The molecule has 1 heterocycles. The third-order valence-corrected chi connectivity index (χ3v) is 8.77. The summed E-state index contributed by atoms with van der Waals surface area (Å²) < 4.78 is 7.59. The van der Waals surface area contributed by atoms with E-state index in [4.69, 9.17) is 10.5 Å². The first-order valence-corrected chi connectivity index (χ1v) is 17.8. The summed E-state index contributed by atoms with van der Waals surface area (Å²) in [6, 6.07) is -2.39. The van der Waals surface area contributed by atoms with Crippen LogP contribution in [0.15, 0.2) is 0 Å². The van der Waals surface area contributed by atoms with Crippen LogP contribution in [0.5, 0.6) is 0 Å². The minimum Gasteiger partial charge on any atom is -0.464 e. The van der Waals surface area contributed by atoms with E-state index in [0.29, 0.717) is 37.8 Å². The molecule has 1 aliphatic heterocycles. The van der Waals surface area contributed by atoms with Gasteiger partial charge in [-0.3, -0.25) is 23.9 Å². The van der Waals surface area contributed by atoms with Crippen molar-refractivity contribution in [2.75, 3.05) is 19.7 Å². The molecular formula is C34H61N5O7S. The number of likely N-dealkylation sites (tertiary alicyclic amines) is 1. The molecule has 0 aromatic carbocycles. The summed E-state index contributed by atoms with van der Waals surface area (Å²) in [5.74, 6) is -0.986. The number of ether oxygens (including phenoxy) is 1. The van der Waals surface area contributed by atoms with Crippen molar-refractivity contribution in [3.05, 3.63) is 0 Å². The lowest BCUT2D eigenvalue weighted by Crippen LogP contribution is -2.58. The van der Waals surface area contributed by atoms with Gasteiger partial charge in [-0.1, -0.05) is 106 Å². The van der Waals surface area contributed by atoms with Crippen LogP contribution < -0.4 is 21.1 Å². The second-order valence-corrected chi connectivity index (χ2v) is 14.6. The Labute approximate surface area is 287 Å². The lowest BCUT2D eigenvalue weighted by molar-refractivity contribution is -0.142. The van der Waals surface area contributed by atoms with Gasteiger partial charge in [0.05, 0.1) is 18.7 Å². The number of ketones is 1. The van der Waals surface area contributed by atoms with Gasteiger partial charge >= 0.3 is 12.0 Å². The normalized spacial score (nSPS) is 21.2. The Bertz CT molecular complexity index is 1010. The van der Waals surface area contributed by atoms with Crippen molar-refractivity contribution in [1.82, 2.24) is 20.3 Å². The number of amides is 4. The molecule has 0 aromatic heterocycles. The second kappa shape index (κ2) is 22.1. The second-order valence-electron chi connectivity index (χ2n) is 14.4. The molecule has 1 saturated heterocycles. The first kappa shape index (κ1) is 42.4. The number of Topliss-reactive ketones (excluding diaryl/α,β-unsaturated/α-hetero) is 1. The lowest BCUT2D eigenvalue weighted by atomic mass is 9.80. The number of thiol groups is 1. The fraction of sp³-hybridized carbons (Fsp3) is 0.824. The van der Waals surface area contributed by atoms with Gasteiger partial charge in [0.25, 0.3) is 5.91 Å². The number of nitrogens with one attached hydrogen (secondary N) is 3. The molecule has 270 valence electrons. The summed E-state index contributed by atoms with van der Waals surface area (Å²) in [7, 11) is 0. The number of rotatable bonds is 12. The SMILES string of the molecule is C1CCC1.CC1CC(C=O)N(C(=O)C(NC(=O)NCC(=O)OCC2CC2)C(C)(C)C)C1.CCC.NC(=O)C(=O)C(CC1CCC1)NS. The van der Waals surface area contributed by atoms with Crippen LogP contribution in [0.1, 0.15) is 119 Å². The molecule has 0 bridgehead atoms. The summed E-state index contributed by atoms with van der Waals surface area (Å²) in [6.45, 7) is 12.4. The maximum Gasteiger partial charge on any atom is 0.325 e. The van der Waals surface area contributed by atoms with Crippen molar-refractivity contribution in [3.8, 4) is 0 Å². The Morgan fingerprint density at radius 3 is 1.96 bits per heavy atom. The minimum atomic E-state index is -0.883. The molecule has 4 fully saturated rings. The third kappa shape index (κ3) is 16.8. The quantitative estimate of drug-likeness (QED) is 0.0884. The molecule has 4 atom stereocenters. The number of nitrogens with zero attached hydrogens (tertiary/aromatic N) is 1. The maximum atomic E-state index is 13.0. The van der Waals surface area contributed by atoms with Gasteiger partial charge in [0.2, 0.25) is 11.7 Å². The van der Waals surface area contributed by atoms with E-state index in [0.717, 1.165) is 32.0 Å². The predicted molar refractivity (Wildman–Crippen MR) is 185 cm³/mol. The number of hydrogen-bond donors (Lipinski definition) is 5. The Balaban J connectivity index is 0.000000451. The van der Waals surface area contributed by atoms with Gasteiger partial charge in [-0.25, -0.2) is 4.79 Å². The number of carbonyl (C=O) groups is 6. The van der Waals surface area contributed by atoms with E-state index >= 15 is 0 Å². The van der Waals surface area contributed by atoms with Crippen LogP contribution >= 0.6 is 12.8 Å². The van der Waals surface area contributed by atoms with Crippen molar-refractivity contribution < 1.29 is 33.5 Å². The van der Waals surface area contributed by atoms with Crippen LogP contribution in [0.25, 0.3) is 0 Å². The molecular weight excluding hydrogens is 622 g/mol. The van der Waals surface area contributed by atoms with Crippen LogP contribution in [0.2, 0.25) is 0 Å². The van der Waals surface area contributed by atoms with Gasteiger partial charge in [-0.05, 0) is 48.9 Å². The fourth-order valence-corrected chi connectivity index (χ4v) is 5.09. The summed E-state index contributed by atoms with van der Waals surface area (Å²) >= 11 is 3.81. The van der Waals surface area contributed by atoms with E-state index in [1.807, 2.05) is 27.7 Å². The highest BCUT2D eigenvalue weighted by molar-refractivity contribution is 7.78. The number of primary amides is 1. The number of nitrogens with two attached hydrogens (primary N) is 1. The van der Waals surface area contributed by atoms with E-state index in [1.165, 1.54) is 43.4 Å². The highest BCUT2D eigenvalue weighted by Crippen LogP contribution is 2.31. The first-order valence-electron chi connectivity index (χ1n) is 17.4. The number of aldehydes is 1. The van der Waals surface area contributed by atoms with E-state index < -0.39 is 47.2 Å². The van der Waals surface area contributed by atoms with Crippen LogP contribution in [0.4, 0.5) is 4.79 Å². The maximum absolute atomic E-state index is 13.0. The molecule has 13 heteroatoms. The van der Waals surface area contributed by atoms with Crippen molar-refractivity contribution >= 4 is 48.7 Å². The topological polar surface area (TPSA) is 177 Å². The van der Waals surface area contributed by atoms with Gasteiger partial charge < -0.3 is 30.8 Å². The zero-order chi connectivity index (χ0) is 35.6. The van der Waals surface area contributed by atoms with Crippen LogP contribution in [-0.4, -0.2) is 78.6 Å². The van der Waals surface area contributed by atoms with Crippen molar-refractivity contribution in [2.45, 2.75) is 137 Å². The zero-order valence-corrected chi connectivity index (χ0v) is 30.4. The molecule has 0 aromatic rings. The molecule has 4 rings (SSSR count). The van der Waals surface area contributed by atoms with Gasteiger partial charge in [0, 0.05) is 6.54 Å². The van der Waals surface area contributed by atoms with Gasteiger partial charge in [0.15, 0.2) is 0 Å². The summed E-state index contributed by atoms with van der Waals surface area (Å²) in [6.07, 6.45) is 15.0. The molecule has 4 unspecified atom stereocenters. The monoisotopic (exact) mass is 683 g/mol. The van der Waals surface area contributed by atoms with Crippen molar-refractivity contribution in [2.24, 2.45) is 28.9 Å². The van der Waals surface area contributed by atoms with E-state index in [9.17, 15) is 28.8 Å². The smallest absolute Gasteiger partial charge is 0.325 e. The number of urea groups is 1. The van der Waals surface area contributed by atoms with Crippen molar-refractivity contribution in [1.29, 1.82) is 0 Å². The molecule has 12 nitrogen and oxygen atoms in total. The number of esters is 1. The summed E-state index contributed by atoms with van der Waals surface area (Å²) in [4.78, 5) is 71.5. The van der Waals surface area contributed by atoms with Crippen LogP contribution in [0, 0.1) is 23.2 Å². The highest BCUT2D eigenvalue weighted by atomic mass is 32.1. The Kier molecular flexibility index (Phi) is 19.9. The fourth-order valence-electron chi connectivity index (χ4n) is 4.86. The van der Waals surface area contributed by atoms with Crippen LogP contribution in [-0.2, 0) is 28.7 Å². The molecule has 5 N–H and O–H groups in total. The van der Waals surface area contributed by atoms with Gasteiger partial charge in [0.1, 0.15) is 18.9 Å². The molecule has 3 aliphatic carbocycles. The molecule has 3 saturated carbocycles. The van der Waals surface area contributed by atoms with Crippen molar-refractivity contribution in [3.63, 3.8) is 0 Å². The first-order chi connectivity index (χ1) is 22.2. The van der Waals surface area contributed by atoms with Crippen LogP contribution in [0.3, 0.4) is 0 Å². The zero-order valence-electron chi connectivity index (χ0n) is 29.5. The third-order valence-electron chi connectivity index (χ3n) is 8.46. The largest absolute Gasteiger partial charge is 0.464 e. The average Bonchev–Trinajstić information content (AvgIpc) is 3.71. The Morgan fingerprint density at radius 1 is 0.979 bits per heavy atom. The average molecular weight is 684 g/mol.